The van der Waals surface area contributed by atoms with Crippen LogP contribution in [0.25, 0.3) is 12.2 Å². The van der Waals surface area contributed by atoms with E-state index in [9.17, 15) is 10.1 Å². The Bertz CT molecular complexity index is 1050. The molecule has 2 heterocycles. The van der Waals surface area contributed by atoms with Gasteiger partial charge in [-0.15, -0.1) is 0 Å². The van der Waals surface area contributed by atoms with Crippen molar-refractivity contribution in [2.75, 3.05) is 0 Å². The van der Waals surface area contributed by atoms with E-state index < -0.39 is 5.41 Å². The molecular formula is C25H19N3O. The van der Waals surface area contributed by atoms with E-state index in [1.54, 1.807) is 24.8 Å². The summed E-state index contributed by atoms with van der Waals surface area (Å²) < 4.78 is 0. The van der Waals surface area contributed by atoms with Gasteiger partial charge in [-0.25, -0.2) is 0 Å². The van der Waals surface area contributed by atoms with Crippen LogP contribution in [0.15, 0.2) is 90.5 Å². The van der Waals surface area contributed by atoms with Gasteiger partial charge in [0.15, 0.2) is 5.78 Å². The lowest BCUT2D eigenvalue weighted by Crippen LogP contribution is -2.33. The summed E-state index contributed by atoms with van der Waals surface area (Å²) in [5, 5.41) is 10.2. The fourth-order valence-corrected chi connectivity index (χ4v) is 3.74. The van der Waals surface area contributed by atoms with Gasteiger partial charge in [0.2, 0.25) is 0 Å². The molecule has 0 spiro atoms. The molecule has 1 atom stereocenters. The Balaban J connectivity index is 1.84. The highest BCUT2D eigenvalue weighted by Crippen LogP contribution is 2.43. The van der Waals surface area contributed by atoms with Gasteiger partial charge in [-0.05, 0) is 53.8 Å². The number of allylic oxidation sites excluding steroid dienone is 2. The highest BCUT2D eigenvalue weighted by atomic mass is 16.1. The van der Waals surface area contributed by atoms with Gasteiger partial charge in [0, 0.05) is 35.9 Å². The molecule has 1 unspecified atom stereocenters. The normalized spacial score (nSPS) is 21.8. The predicted octanol–water partition coefficient (Wildman–Crippen LogP) is 4.77. The third kappa shape index (κ3) is 3.90. The summed E-state index contributed by atoms with van der Waals surface area (Å²) in [6, 6.07) is 19.7. The first kappa shape index (κ1) is 18.5. The molecule has 1 fully saturated rings. The van der Waals surface area contributed by atoms with Gasteiger partial charge in [0.05, 0.1) is 11.5 Å². The Morgan fingerprint density at radius 3 is 1.83 bits per heavy atom. The van der Waals surface area contributed by atoms with Crippen molar-refractivity contribution in [2.24, 2.45) is 0 Å². The molecule has 140 valence electrons. The molecule has 0 saturated heterocycles. The molecule has 4 rings (SSSR count). The first-order valence-electron chi connectivity index (χ1n) is 9.43. The summed E-state index contributed by atoms with van der Waals surface area (Å²) in [4.78, 5) is 21.5. The maximum absolute atomic E-state index is 13.3. The lowest BCUT2D eigenvalue weighted by Gasteiger charge is -2.33. The van der Waals surface area contributed by atoms with Crippen molar-refractivity contribution in [3.05, 3.63) is 107 Å². The summed E-state index contributed by atoms with van der Waals surface area (Å²) in [7, 11) is 0. The molecule has 0 amide bonds. The Hall–Kier alpha value is -3.84. The number of aromatic nitrogens is 2. The van der Waals surface area contributed by atoms with E-state index in [1.165, 1.54) is 0 Å². The van der Waals surface area contributed by atoms with Crippen LogP contribution in [0.4, 0.5) is 0 Å². The Morgan fingerprint density at radius 2 is 1.38 bits per heavy atom. The third-order valence-electron chi connectivity index (χ3n) is 5.16. The number of hydrogen-bond donors (Lipinski definition) is 0. The highest BCUT2D eigenvalue weighted by molar-refractivity contribution is 6.14. The van der Waals surface area contributed by atoms with Crippen LogP contribution >= 0.6 is 0 Å². The highest BCUT2D eigenvalue weighted by Gasteiger charge is 2.41. The second kappa shape index (κ2) is 8.04. The number of carbonyl (C=O) groups excluding carboxylic acids is 1. The second-order valence-corrected chi connectivity index (χ2v) is 7.15. The van der Waals surface area contributed by atoms with Gasteiger partial charge in [0.25, 0.3) is 0 Å². The minimum absolute atomic E-state index is 0.0282. The van der Waals surface area contributed by atoms with Crippen molar-refractivity contribution in [2.45, 2.75) is 18.3 Å². The average molecular weight is 377 g/mol. The van der Waals surface area contributed by atoms with Crippen LogP contribution < -0.4 is 0 Å². The van der Waals surface area contributed by atoms with Crippen LogP contribution in [0.1, 0.15) is 29.5 Å². The lowest BCUT2D eigenvalue weighted by molar-refractivity contribution is -0.113. The molecular weight excluding hydrogens is 358 g/mol. The number of hydrogen-bond acceptors (Lipinski definition) is 4. The summed E-state index contributed by atoms with van der Waals surface area (Å²) in [5.74, 6) is -0.0282. The van der Waals surface area contributed by atoms with Gasteiger partial charge in [-0.2, -0.15) is 5.26 Å². The molecule has 1 aliphatic carbocycles. The van der Waals surface area contributed by atoms with Crippen molar-refractivity contribution < 1.29 is 4.79 Å². The number of nitrogens with zero attached hydrogens (tertiary/aromatic N) is 3. The Morgan fingerprint density at radius 1 is 0.828 bits per heavy atom. The molecule has 0 aliphatic heterocycles. The predicted molar refractivity (Wildman–Crippen MR) is 112 cm³/mol. The van der Waals surface area contributed by atoms with Gasteiger partial charge < -0.3 is 0 Å². The van der Waals surface area contributed by atoms with Crippen molar-refractivity contribution in [3.63, 3.8) is 0 Å². The van der Waals surface area contributed by atoms with E-state index in [-0.39, 0.29) is 5.78 Å². The molecule has 0 bridgehead atoms. The molecule has 0 radical (unpaired) electrons. The van der Waals surface area contributed by atoms with Crippen molar-refractivity contribution in [1.82, 2.24) is 9.97 Å². The summed E-state index contributed by atoms with van der Waals surface area (Å²) in [6.45, 7) is 0. The fraction of sp³-hybridized carbons (Fsp3) is 0.120. The van der Waals surface area contributed by atoms with E-state index in [1.807, 2.05) is 66.7 Å². The topological polar surface area (TPSA) is 66.6 Å². The molecule has 1 aliphatic rings. The lowest BCUT2D eigenvalue weighted by atomic mass is 9.66. The van der Waals surface area contributed by atoms with E-state index in [2.05, 4.69) is 16.0 Å². The SMILES string of the molecule is N#CC1(c2ccccc2)C/C(=C/c2cccnc2)C(=O)/C(=C/c2cccnc2)C1. The monoisotopic (exact) mass is 377 g/mol. The fourth-order valence-electron chi connectivity index (χ4n) is 3.74. The van der Waals surface area contributed by atoms with Crippen molar-refractivity contribution in [1.29, 1.82) is 5.26 Å². The maximum Gasteiger partial charge on any atom is 0.185 e. The Labute approximate surface area is 169 Å². The molecule has 1 aromatic carbocycles. The third-order valence-corrected chi connectivity index (χ3v) is 5.16. The van der Waals surface area contributed by atoms with Crippen LogP contribution in [-0.4, -0.2) is 15.8 Å². The van der Waals surface area contributed by atoms with Crippen LogP contribution in [0.2, 0.25) is 0 Å². The zero-order valence-electron chi connectivity index (χ0n) is 15.8. The van der Waals surface area contributed by atoms with Gasteiger partial charge >= 0.3 is 0 Å². The second-order valence-electron chi connectivity index (χ2n) is 7.15. The number of benzene rings is 1. The molecule has 2 aromatic heterocycles. The maximum atomic E-state index is 13.3. The zero-order chi connectivity index (χ0) is 20.1. The standard InChI is InChI=1S/C25H19N3O/c26-18-25(23-8-2-1-3-9-23)14-21(12-19-6-4-10-27-16-19)24(29)22(15-25)13-20-7-5-11-28-17-20/h1-13,16-17H,14-15H2/b21-12-,22-13+. The quantitative estimate of drug-likeness (QED) is 0.617. The van der Waals surface area contributed by atoms with Crippen LogP contribution in [0, 0.1) is 11.3 Å². The number of pyridine rings is 2. The number of rotatable bonds is 3. The van der Waals surface area contributed by atoms with Gasteiger partial charge in [0.1, 0.15) is 0 Å². The molecule has 29 heavy (non-hydrogen) atoms. The van der Waals surface area contributed by atoms with Gasteiger partial charge in [-0.1, -0.05) is 42.5 Å². The molecule has 0 N–H and O–H groups in total. The number of nitriles is 1. The van der Waals surface area contributed by atoms with Crippen LogP contribution in [-0.2, 0) is 10.2 Å². The first-order valence-corrected chi connectivity index (χ1v) is 9.43. The van der Waals surface area contributed by atoms with Crippen LogP contribution in [0.3, 0.4) is 0 Å². The van der Waals surface area contributed by atoms with Gasteiger partial charge in [-0.3, -0.25) is 14.8 Å². The molecule has 4 heteroatoms. The average Bonchev–Trinajstić information content (AvgIpc) is 2.78. The van der Waals surface area contributed by atoms with Crippen LogP contribution in [0.5, 0.6) is 0 Å². The number of carbonyl (C=O) groups is 1. The van der Waals surface area contributed by atoms with Crippen molar-refractivity contribution in [3.8, 4) is 6.07 Å². The van der Waals surface area contributed by atoms with E-state index in [4.69, 9.17) is 0 Å². The molecule has 4 nitrogen and oxygen atoms in total. The largest absolute Gasteiger partial charge is 0.289 e. The van der Waals surface area contributed by atoms with E-state index in [0.717, 1.165) is 16.7 Å². The summed E-state index contributed by atoms with van der Waals surface area (Å²) >= 11 is 0. The zero-order valence-corrected chi connectivity index (χ0v) is 15.8. The van der Waals surface area contributed by atoms with E-state index in [0.29, 0.717) is 24.0 Å². The summed E-state index contributed by atoms with van der Waals surface area (Å²) in [6.07, 6.45) is 11.3. The number of Topliss-reactive ketones (excluding diaryl/α,β-unsaturated/α-hetero) is 1. The smallest absolute Gasteiger partial charge is 0.185 e. The minimum atomic E-state index is -0.794. The van der Waals surface area contributed by atoms with E-state index >= 15 is 0 Å². The molecule has 3 aromatic rings. The van der Waals surface area contributed by atoms with Crippen molar-refractivity contribution >= 4 is 17.9 Å². The number of ketones is 1. The first-order chi connectivity index (χ1) is 14.2. The summed E-state index contributed by atoms with van der Waals surface area (Å²) in [5.41, 5.74) is 3.05. The molecule has 1 saturated carbocycles. The Kier molecular flexibility index (Phi) is 5.13. The minimum Gasteiger partial charge on any atom is -0.289 e.